The molecule has 4 N–H and O–H groups in total. The van der Waals surface area contributed by atoms with Gasteiger partial charge in [-0.2, -0.15) is 0 Å². The Kier molecular flexibility index (Phi) is 7.12. The number of primary amides is 1. The van der Waals surface area contributed by atoms with Gasteiger partial charge in [0, 0.05) is 50.4 Å². The van der Waals surface area contributed by atoms with E-state index in [1.54, 1.807) is 0 Å². The summed E-state index contributed by atoms with van der Waals surface area (Å²) in [5.74, 6) is 2.48. The molecule has 3 rings (SSSR count). The molecule has 1 aromatic rings. The molecule has 1 aliphatic heterocycles. The van der Waals surface area contributed by atoms with Crippen molar-refractivity contribution in [2.75, 3.05) is 25.0 Å². The van der Waals surface area contributed by atoms with Crippen LogP contribution in [0.2, 0.25) is 0 Å². The molecule has 0 unspecified atom stereocenters. The van der Waals surface area contributed by atoms with Crippen LogP contribution in [0.25, 0.3) is 0 Å². The Hall–Kier alpha value is -2.31. The molecule has 1 amide bonds. The molecule has 7 nitrogen and oxygen atoms in total. The van der Waals surface area contributed by atoms with Gasteiger partial charge in [-0.05, 0) is 50.5 Å². The number of nitrogens with two attached hydrogens (primary N) is 1. The quantitative estimate of drug-likeness (QED) is 0.532. The molecule has 0 spiro atoms. The number of guanidine groups is 1. The molecule has 154 valence electrons. The largest absolute Gasteiger partial charge is 0.369 e. The summed E-state index contributed by atoms with van der Waals surface area (Å²) in [7, 11) is 1.82. The second kappa shape index (κ2) is 9.75. The Bertz CT molecular complexity index is 675. The summed E-state index contributed by atoms with van der Waals surface area (Å²) < 4.78 is 0. The molecular weight excluding hydrogens is 352 g/mol. The molecule has 2 aliphatic rings. The van der Waals surface area contributed by atoms with E-state index < -0.39 is 0 Å². The number of aliphatic imine (C=N–C) groups is 1. The number of carbonyl (C=O) groups is 1. The zero-order valence-electron chi connectivity index (χ0n) is 17.2. The van der Waals surface area contributed by atoms with Gasteiger partial charge in [-0.1, -0.05) is 13.0 Å². The maximum Gasteiger partial charge on any atom is 0.220 e. The summed E-state index contributed by atoms with van der Waals surface area (Å²) in [6.45, 7) is 4.62. The van der Waals surface area contributed by atoms with Crippen LogP contribution in [0.5, 0.6) is 0 Å². The highest BCUT2D eigenvalue weighted by Crippen LogP contribution is 2.25. The van der Waals surface area contributed by atoms with Gasteiger partial charge in [0.2, 0.25) is 5.91 Å². The van der Waals surface area contributed by atoms with Gasteiger partial charge in [0.15, 0.2) is 5.96 Å². The SMILES string of the molecule is CN=C(NCc1cccnc1N1CCC(C(N)=O)CC1)NC1CCC(C)CC1. The smallest absolute Gasteiger partial charge is 0.220 e. The van der Waals surface area contributed by atoms with Crippen molar-refractivity contribution >= 4 is 17.7 Å². The number of rotatable bonds is 5. The second-order valence-electron chi connectivity index (χ2n) is 8.18. The van der Waals surface area contributed by atoms with Gasteiger partial charge in [-0.15, -0.1) is 0 Å². The number of hydrogen-bond acceptors (Lipinski definition) is 4. The number of nitrogens with zero attached hydrogens (tertiary/aromatic N) is 3. The fourth-order valence-electron chi connectivity index (χ4n) is 4.20. The first-order valence-corrected chi connectivity index (χ1v) is 10.5. The Morgan fingerprint density at radius 3 is 2.61 bits per heavy atom. The number of piperidine rings is 1. The fourth-order valence-corrected chi connectivity index (χ4v) is 4.20. The van der Waals surface area contributed by atoms with Crippen LogP contribution in [-0.4, -0.2) is 43.0 Å². The lowest BCUT2D eigenvalue weighted by Gasteiger charge is -2.33. The van der Waals surface area contributed by atoms with E-state index in [0.717, 1.165) is 49.2 Å². The molecule has 0 bridgehead atoms. The molecule has 2 fully saturated rings. The highest BCUT2D eigenvalue weighted by atomic mass is 16.1. The minimum absolute atomic E-state index is 0.0113. The van der Waals surface area contributed by atoms with Gasteiger partial charge in [0.25, 0.3) is 0 Å². The summed E-state index contributed by atoms with van der Waals surface area (Å²) in [5, 5.41) is 7.02. The van der Waals surface area contributed by atoms with Crippen molar-refractivity contribution in [3.05, 3.63) is 23.9 Å². The minimum atomic E-state index is -0.186. The van der Waals surface area contributed by atoms with Crippen LogP contribution >= 0.6 is 0 Å². The molecule has 28 heavy (non-hydrogen) atoms. The fraction of sp³-hybridized carbons (Fsp3) is 0.667. The third-order valence-electron chi connectivity index (χ3n) is 6.09. The van der Waals surface area contributed by atoms with Crippen molar-refractivity contribution in [2.45, 2.75) is 58.0 Å². The third kappa shape index (κ3) is 5.36. The van der Waals surface area contributed by atoms with Crippen LogP contribution in [0.4, 0.5) is 5.82 Å². The molecule has 7 heteroatoms. The summed E-state index contributed by atoms with van der Waals surface area (Å²) in [6, 6.07) is 4.57. The first kappa shape index (κ1) is 20.4. The molecule has 1 saturated carbocycles. The van der Waals surface area contributed by atoms with Gasteiger partial charge in [0.1, 0.15) is 5.82 Å². The lowest BCUT2D eigenvalue weighted by Crippen LogP contribution is -2.44. The van der Waals surface area contributed by atoms with Gasteiger partial charge in [-0.25, -0.2) is 4.98 Å². The number of nitrogens with one attached hydrogen (secondary N) is 2. The van der Waals surface area contributed by atoms with Crippen molar-refractivity contribution < 1.29 is 4.79 Å². The van der Waals surface area contributed by atoms with Gasteiger partial charge < -0.3 is 21.3 Å². The van der Waals surface area contributed by atoms with E-state index in [2.05, 4.69) is 38.5 Å². The van der Waals surface area contributed by atoms with E-state index in [1.165, 1.54) is 25.7 Å². The van der Waals surface area contributed by atoms with Crippen molar-refractivity contribution in [3.63, 3.8) is 0 Å². The van der Waals surface area contributed by atoms with Crippen molar-refractivity contribution in [1.29, 1.82) is 0 Å². The van der Waals surface area contributed by atoms with E-state index in [9.17, 15) is 4.79 Å². The first-order valence-electron chi connectivity index (χ1n) is 10.5. The highest BCUT2D eigenvalue weighted by Gasteiger charge is 2.25. The van der Waals surface area contributed by atoms with Crippen molar-refractivity contribution in [2.24, 2.45) is 22.6 Å². The van der Waals surface area contributed by atoms with Crippen molar-refractivity contribution in [1.82, 2.24) is 15.6 Å². The van der Waals surface area contributed by atoms with E-state index in [1.807, 2.05) is 19.3 Å². The summed E-state index contributed by atoms with van der Waals surface area (Å²) in [6.07, 6.45) is 8.38. The monoisotopic (exact) mass is 386 g/mol. The summed E-state index contributed by atoms with van der Waals surface area (Å²) in [5.41, 5.74) is 6.60. The molecule has 1 aromatic heterocycles. The predicted molar refractivity (Wildman–Crippen MR) is 113 cm³/mol. The third-order valence-corrected chi connectivity index (χ3v) is 6.09. The Labute approximate surface area is 168 Å². The van der Waals surface area contributed by atoms with Crippen LogP contribution in [0.1, 0.15) is 51.0 Å². The van der Waals surface area contributed by atoms with E-state index in [-0.39, 0.29) is 11.8 Å². The Balaban J connectivity index is 1.56. The van der Waals surface area contributed by atoms with Crippen LogP contribution in [0.15, 0.2) is 23.3 Å². The lowest BCUT2D eigenvalue weighted by molar-refractivity contribution is -0.122. The number of carbonyl (C=O) groups excluding carboxylic acids is 1. The maximum atomic E-state index is 11.4. The molecule has 1 aliphatic carbocycles. The zero-order valence-corrected chi connectivity index (χ0v) is 17.2. The average Bonchev–Trinajstić information content (AvgIpc) is 2.73. The second-order valence-corrected chi connectivity index (χ2v) is 8.18. The van der Waals surface area contributed by atoms with E-state index in [0.29, 0.717) is 12.6 Å². The molecule has 2 heterocycles. The van der Waals surface area contributed by atoms with Crippen LogP contribution in [-0.2, 0) is 11.3 Å². The molecule has 0 radical (unpaired) electrons. The average molecular weight is 387 g/mol. The molecular formula is C21H34N6O. The lowest BCUT2D eigenvalue weighted by atomic mass is 9.87. The first-order chi connectivity index (χ1) is 13.6. The Morgan fingerprint density at radius 1 is 1.25 bits per heavy atom. The highest BCUT2D eigenvalue weighted by molar-refractivity contribution is 5.80. The summed E-state index contributed by atoms with van der Waals surface area (Å²) in [4.78, 5) is 22.7. The van der Waals surface area contributed by atoms with E-state index >= 15 is 0 Å². The van der Waals surface area contributed by atoms with Crippen LogP contribution < -0.4 is 21.3 Å². The van der Waals surface area contributed by atoms with Crippen molar-refractivity contribution in [3.8, 4) is 0 Å². The standard InChI is InChI=1S/C21H34N6O/c1-15-5-7-18(8-6-15)26-21(23-2)25-14-17-4-3-11-24-20(17)27-12-9-16(10-13-27)19(22)28/h3-4,11,15-16,18H,5-10,12-14H2,1-2H3,(H2,22,28)(H2,23,25,26). The van der Waals surface area contributed by atoms with E-state index in [4.69, 9.17) is 5.73 Å². The van der Waals surface area contributed by atoms with Gasteiger partial charge >= 0.3 is 0 Å². The van der Waals surface area contributed by atoms with Crippen LogP contribution in [0, 0.1) is 11.8 Å². The Morgan fingerprint density at radius 2 is 1.96 bits per heavy atom. The zero-order chi connectivity index (χ0) is 19.9. The van der Waals surface area contributed by atoms with Crippen LogP contribution in [0.3, 0.4) is 0 Å². The molecule has 1 saturated heterocycles. The number of aromatic nitrogens is 1. The number of anilines is 1. The normalized spacial score (nSPS) is 24.1. The molecule has 0 atom stereocenters. The maximum absolute atomic E-state index is 11.4. The number of pyridine rings is 1. The predicted octanol–water partition coefficient (Wildman–Crippen LogP) is 2.03. The number of hydrogen-bond donors (Lipinski definition) is 3. The van der Waals surface area contributed by atoms with Gasteiger partial charge in [0.05, 0.1) is 0 Å². The number of amides is 1. The molecule has 0 aromatic carbocycles. The van der Waals surface area contributed by atoms with Gasteiger partial charge in [-0.3, -0.25) is 9.79 Å². The topological polar surface area (TPSA) is 95.6 Å². The minimum Gasteiger partial charge on any atom is -0.369 e. The summed E-state index contributed by atoms with van der Waals surface area (Å²) >= 11 is 0.